The van der Waals surface area contributed by atoms with E-state index in [0.717, 1.165) is 32.7 Å². The van der Waals surface area contributed by atoms with E-state index in [1.165, 1.54) is 36.1 Å². The highest BCUT2D eigenvalue weighted by Gasteiger charge is 2.18. The molecule has 1 heterocycles. The normalized spacial score (nSPS) is 20.8. The quantitative estimate of drug-likeness (QED) is 0.790. The lowest BCUT2D eigenvalue weighted by atomic mass is 9.87. The van der Waals surface area contributed by atoms with Crippen LogP contribution >= 0.6 is 11.8 Å². The van der Waals surface area contributed by atoms with Gasteiger partial charge in [0.1, 0.15) is 0 Å². The first-order valence-electron chi connectivity index (χ1n) is 8.08. The van der Waals surface area contributed by atoms with Crippen molar-refractivity contribution in [2.45, 2.75) is 30.6 Å². The van der Waals surface area contributed by atoms with Crippen molar-refractivity contribution in [3.63, 3.8) is 0 Å². The van der Waals surface area contributed by atoms with Crippen molar-refractivity contribution in [1.29, 1.82) is 0 Å². The van der Waals surface area contributed by atoms with Gasteiger partial charge in [-0.25, -0.2) is 5.32 Å². The Bertz CT molecular complexity index is 486. The smallest absolute Gasteiger partial charge is 0.0261 e. The van der Waals surface area contributed by atoms with Crippen LogP contribution in [0.1, 0.15) is 31.2 Å². The van der Waals surface area contributed by atoms with E-state index in [4.69, 9.17) is 0 Å². The molecule has 1 fully saturated rings. The summed E-state index contributed by atoms with van der Waals surface area (Å²) >= 11 is 1.82. The molecule has 0 atom stereocenters. The van der Waals surface area contributed by atoms with E-state index in [1.54, 1.807) is 11.1 Å². The summed E-state index contributed by atoms with van der Waals surface area (Å²) in [5, 5.41) is 4.46. The fourth-order valence-corrected chi connectivity index (χ4v) is 3.77. The van der Waals surface area contributed by atoms with E-state index in [0.29, 0.717) is 0 Å². The molecule has 0 unspecified atom stereocenters. The lowest BCUT2D eigenvalue weighted by Gasteiger charge is -2.30. The molecular weight excluding hydrogens is 276 g/mol. The molecule has 0 spiro atoms. The van der Waals surface area contributed by atoms with Crippen LogP contribution in [0.2, 0.25) is 0 Å². The maximum absolute atomic E-state index is 4.46. The van der Waals surface area contributed by atoms with Gasteiger partial charge in [0.2, 0.25) is 0 Å². The summed E-state index contributed by atoms with van der Waals surface area (Å²) in [4.78, 5) is 3.94. The minimum absolute atomic E-state index is 1.02. The lowest BCUT2D eigenvalue weighted by Crippen LogP contribution is -2.41. The van der Waals surface area contributed by atoms with E-state index < -0.39 is 0 Å². The molecule has 1 aromatic carbocycles. The van der Waals surface area contributed by atoms with Crippen LogP contribution in [0.25, 0.3) is 5.57 Å². The summed E-state index contributed by atoms with van der Waals surface area (Å²) in [6, 6.07) is 9.16. The van der Waals surface area contributed by atoms with Gasteiger partial charge in [-0.2, -0.15) is 0 Å². The Kier molecular flexibility index (Phi) is 5.39. The Hall–Kier alpha value is -0.770. The molecule has 1 radical (unpaired) electrons. The standard InChI is InChI=1S/C18H25N2S/c1-21-17-8-6-15(7-9-17)18-5-3-2-4-16(18)14-20-12-10-19-11-13-20/h6-9H,2-5,10-14H2,1H3. The van der Waals surface area contributed by atoms with Crippen molar-refractivity contribution in [3.8, 4) is 0 Å². The third-order valence-electron chi connectivity index (χ3n) is 4.58. The van der Waals surface area contributed by atoms with E-state index in [-0.39, 0.29) is 0 Å². The topological polar surface area (TPSA) is 17.3 Å². The number of thioether (sulfide) groups is 1. The number of benzene rings is 1. The largest absolute Gasteiger partial charge is 0.297 e. The van der Waals surface area contributed by atoms with Gasteiger partial charge < -0.3 is 0 Å². The maximum atomic E-state index is 4.46. The van der Waals surface area contributed by atoms with Crippen molar-refractivity contribution < 1.29 is 0 Å². The van der Waals surface area contributed by atoms with E-state index in [2.05, 4.69) is 40.7 Å². The monoisotopic (exact) mass is 301 g/mol. The molecule has 1 aliphatic carbocycles. The average Bonchev–Trinajstić information content (AvgIpc) is 2.56. The molecule has 3 rings (SSSR count). The third-order valence-corrected chi connectivity index (χ3v) is 5.33. The van der Waals surface area contributed by atoms with Crippen LogP contribution in [0, 0.1) is 0 Å². The fourth-order valence-electron chi connectivity index (χ4n) is 3.36. The average molecular weight is 301 g/mol. The number of piperazine rings is 1. The maximum Gasteiger partial charge on any atom is 0.0261 e. The Morgan fingerprint density at radius 1 is 1.05 bits per heavy atom. The zero-order valence-electron chi connectivity index (χ0n) is 13.0. The second-order valence-electron chi connectivity index (χ2n) is 5.96. The lowest BCUT2D eigenvalue weighted by molar-refractivity contribution is 0.254. The molecule has 1 saturated heterocycles. The highest BCUT2D eigenvalue weighted by atomic mass is 32.2. The molecule has 0 bridgehead atoms. The van der Waals surface area contributed by atoms with Gasteiger partial charge in [-0.05, 0) is 55.2 Å². The van der Waals surface area contributed by atoms with Crippen molar-refractivity contribution in [2.24, 2.45) is 0 Å². The zero-order valence-corrected chi connectivity index (χ0v) is 13.8. The van der Waals surface area contributed by atoms with Gasteiger partial charge in [0.05, 0.1) is 0 Å². The van der Waals surface area contributed by atoms with Gasteiger partial charge in [0.15, 0.2) is 0 Å². The van der Waals surface area contributed by atoms with Crippen LogP contribution in [0.5, 0.6) is 0 Å². The number of nitrogens with zero attached hydrogens (tertiary/aromatic N) is 2. The van der Waals surface area contributed by atoms with Crippen LogP contribution < -0.4 is 5.32 Å². The molecule has 0 aromatic heterocycles. The number of hydrogen-bond donors (Lipinski definition) is 0. The van der Waals surface area contributed by atoms with Crippen molar-refractivity contribution >= 4 is 17.3 Å². The van der Waals surface area contributed by atoms with Crippen LogP contribution in [0.3, 0.4) is 0 Å². The first-order valence-corrected chi connectivity index (χ1v) is 9.30. The van der Waals surface area contributed by atoms with Gasteiger partial charge in [-0.1, -0.05) is 17.7 Å². The summed E-state index contributed by atoms with van der Waals surface area (Å²) < 4.78 is 0. The highest BCUT2D eigenvalue weighted by molar-refractivity contribution is 7.98. The fraction of sp³-hybridized carbons (Fsp3) is 0.556. The Morgan fingerprint density at radius 2 is 1.76 bits per heavy atom. The van der Waals surface area contributed by atoms with E-state index in [9.17, 15) is 0 Å². The van der Waals surface area contributed by atoms with Gasteiger partial charge in [0, 0.05) is 37.6 Å². The molecule has 0 amide bonds. The SMILES string of the molecule is CSc1ccc(C2=C(CN3CC[N]CC3)CCCC2)cc1. The molecule has 0 N–H and O–H groups in total. The summed E-state index contributed by atoms with van der Waals surface area (Å²) in [6.45, 7) is 5.48. The predicted molar refractivity (Wildman–Crippen MR) is 91.9 cm³/mol. The molecule has 3 heteroatoms. The van der Waals surface area contributed by atoms with Crippen LogP contribution in [0.4, 0.5) is 0 Å². The number of hydrogen-bond acceptors (Lipinski definition) is 2. The summed E-state index contributed by atoms with van der Waals surface area (Å²) in [5.74, 6) is 0. The zero-order chi connectivity index (χ0) is 14.5. The second-order valence-corrected chi connectivity index (χ2v) is 6.84. The molecule has 113 valence electrons. The first-order chi connectivity index (χ1) is 10.4. The highest BCUT2D eigenvalue weighted by Crippen LogP contribution is 2.33. The van der Waals surface area contributed by atoms with Crippen LogP contribution in [-0.2, 0) is 0 Å². The number of rotatable bonds is 4. The summed E-state index contributed by atoms with van der Waals surface area (Å²) in [6.07, 6.45) is 7.39. The van der Waals surface area contributed by atoms with Gasteiger partial charge in [-0.3, -0.25) is 4.90 Å². The van der Waals surface area contributed by atoms with Crippen molar-refractivity contribution in [1.82, 2.24) is 10.2 Å². The third kappa shape index (κ3) is 3.91. The molecule has 1 aliphatic heterocycles. The van der Waals surface area contributed by atoms with Crippen molar-refractivity contribution in [3.05, 3.63) is 35.4 Å². The molecule has 21 heavy (non-hydrogen) atoms. The van der Waals surface area contributed by atoms with Gasteiger partial charge >= 0.3 is 0 Å². The first kappa shape index (κ1) is 15.1. The Labute approximate surface area is 133 Å². The van der Waals surface area contributed by atoms with Crippen molar-refractivity contribution in [2.75, 3.05) is 39.0 Å². The van der Waals surface area contributed by atoms with Crippen LogP contribution in [0.15, 0.2) is 34.7 Å². The van der Waals surface area contributed by atoms with Gasteiger partial charge in [0.25, 0.3) is 0 Å². The second kappa shape index (κ2) is 7.48. The Balaban J connectivity index is 1.79. The molecule has 0 saturated carbocycles. The van der Waals surface area contributed by atoms with Crippen LogP contribution in [-0.4, -0.2) is 43.9 Å². The molecule has 2 aliphatic rings. The molecule has 1 aromatic rings. The molecular formula is C18H25N2S. The van der Waals surface area contributed by atoms with E-state index >= 15 is 0 Å². The minimum atomic E-state index is 1.02. The van der Waals surface area contributed by atoms with E-state index in [1.807, 2.05) is 11.8 Å². The summed E-state index contributed by atoms with van der Waals surface area (Å²) in [7, 11) is 0. The summed E-state index contributed by atoms with van der Waals surface area (Å²) in [5.41, 5.74) is 4.75. The predicted octanol–water partition coefficient (Wildman–Crippen LogP) is 3.66. The Morgan fingerprint density at radius 3 is 2.48 bits per heavy atom. The number of allylic oxidation sites excluding steroid dienone is 1. The minimum Gasteiger partial charge on any atom is -0.297 e. The molecule has 2 nitrogen and oxygen atoms in total. The van der Waals surface area contributed by atoms with Gasteiger partial charge in [-0.15, -0.1) is 11.8 Å².